The highest BCUT2D eigenvalue weighted by Gasteiger charge is 2.41. The molecule has 3 fully saturated rings. The lowest BCUT2D eigenvalue weighted by Crippen LogP contribution is -2.48. The van der Waals surface area contributed by atoms with E-state index >= 15 is 0 Å². The molecule has 0 aromatic carbocycles. The van der Waals surface area contributed by atoms with Crippen molar-refractivity contribution in [3.05, 3.63) is 0 Å². The second-order valence-electron chi connectivity index (χ2n) is 6.58. The summed E-state index contributed by atoms with van der Waals surface area (Å²) in [6, 6.07) is 0.880. The molecule has 0 aliphatic carbocycles. The summed E-state index contributed by atoms with van der Waals surface area (Å²) in [6.45, 7) is 9.78. The largest absolute Gasteiger partial charge is 0.379 e. The third-order valence-electron chi connectivity index (χ3n) is 4.95. The van der Waals surface area contributed by atoms with E-state index in [-0.39, 0.29) is 0 Å². The number of nitrogens with one attached hydrogen (secondary N) is 2. The number of hydrogen-bond donors (Lipinski definition) is 2. The average Bonchev–Trinajstić information content (AvgIpc) is 3.16. The summed E-state index contributed by atoms with van der Waals surface area (Å²) < 4.78 is 11.3. The molecule has 0 aromatic heterocycles. The molecule has 3 aliphatic heterocycles. The predicted octanol–water partition coefficient (Wildman–Crippen LogP) is 0.582. The van der Waals surface area contributed by atoms with Crippen molar-refractivity contribution in [1.82, 2.24) is 15.5 Å². The molecule has 126 valence electrons. The summed E-state index contributed by atoms with van der Waals surface area (Å²) in [6.07, 6.45) is 4.38. The number of rotatable bonds is 5. The van der Waals surface area contributed by atoms with Crippen LogP contribution in [-0.4, -0.2) is 74.5 Å². The van der Waals surface area contributed by atoms with Gasteiger partial charge in [0, 0.05) is 25.7 Å². The number of nitrogens with zero attached hydrogens (tertiary/aromatic N) is 2. The van der Waals surface area contributed by atoms with E-state index in [2.05, 4.69) is 29.4 Å². The second kappa shape index (κ2) is 7.62. The minimum atomic E-state index is 0.380. The molecule has 4 unspecified atom stereocenters. The maximum absolute atomic E-state index is 5.92. The normalized spacial score (nSPS) is 33.9. The van der Waals surface area contributed by atoms with Gasteiger partial charge in [0.15, 0.2) is 5.96 Å². The predicted molar refractivity (Wildman–Crippen MR) is 87.3 cm³/mol. The molecule has 3 aliphatic rings. The molecule has 4 atom stereocenters. The van der Waals surface area contributed by atoms with E-state index in [0.29, 0.717) is 24.3 Å². The van der Waals surface area contributed by atoms with E-state index in [1.807, 2.05) is 0 Å². The van der Waals surface area contributed by atoms with Gasteiger partial charge in [0.1, 0.15) is 0 Å². The number of morpholine rings is 1. The number of hydrogen-bond acceptors (Lipinski definition) is 4. The summed E-state index contributed by atoms with van der Waals surface area (Å²) >= 11 is 0. The van der Waals surface area contributed by atoms with E-state index in [4.69, 9.17) is 14.5 Å². The van der Waals surface area contributed by atoms with Crippen LogP contribution in [0.15, 0.2) is 4.99 Å². The molecule has 3 rings (SSSR count). The highest BCUT2D eigenvalue weighted by molar-refractivity contribution is 5.80. The van der Waals surface area contributed by atoms with Crippen LogP contribution in [0.25, 0.3) is 0 Å². The third kappa shape index (κ3) is 3.91. The highest BCUT2D eigenvalue weighted by atomic mass is 16.5. The lowest BCUT2D eigenvalue weighted by molar-refractivity contribution is 0.0220. The van der Waals surface area contributed by atoms with Crippen molar-refractivity contribution in [2.24, 2.45) is 4.99 Å². The zero-order chi connectivity index (χ0) is 15.4. The van der Waals surface area contributed by atoms with Crippen molar-refractivity contribution in [3.8, 4) is 0 Å². The van der Waals surface area contributed by atoms with Gasteiger partial charge < -0.3 is 20.1 Å². The molecular weight excluding hydrogens is 280 g/mol. The van der Waals surface area contributed by atoms with Crippen LogP contribution in [-0.2, 0) is 9.47 Å². The van der Waals surface area contributed by atoms with E-state index < -0.39 is 0 Å². The van der Waals surface area contributed by atoms with Gasteiger partial charge in [-0.25, -0.2) is 0 Å². The van der Waals surface area contributed by atoms with Crippen LogP contribution in [0.2, 0.25) is 0 Å². The fourth-order valence-corrected chi connectivity index (χ4v) is 3.64. The lowest BCUT2D eigenvalue weighted by Gasteiger charge is -2.31. The lowest BCUT2D eigenvalue weighted by atomic mass is 9.96. The van der Waals surface area contributed by atoms with Crippen LogP contribution >= 0.6 is 0 Å². The first-order chi connectivity index (χ1) is 10.8. The molecular formula is C16H30N4O2. The summed E-state index contributed by atoms with van der Waals surface area (Å²) in [7, 11) is 0. The van der Waals surface area contributed by atoms with Crippen molar-refractivity contribution in [1.29, 1.82) is 0 Å². The fraction of sp³-hybridized carbons (Fsp3) is 0.938. The summed E-state index contributed by atoms with van der Waals surface area (Å²) in [4.78, 5) is 7.25. The molecule has 6 nitrogen and oxygen atoms in total. The summed E-state index contributed by atoms with van der Waals surface area (Å²) in [5.41, 5.74) is 0. The van der Waals surface area contributed by atoms with Gasteiger partial charge in [-0.3, -0.25) is 9.89 Å². The maximum atomic E-state index is 5.92. The van der Waals surface area contributed by atoms with E-state index in [1.165, 1.54) is 12.8 Å². The van der Waals surface area contributed by atoms with Gasteiger partial charge in [-0.05, 0) is 33.1 Å². The fourth-order valence-electron chi connectivity index (χ4n) is 3.64. The second-order valence-corrected chi connectivity index (χ2v) is 6.58. The number of ether oxygens (including phenoxy) is 2. The average molecular weight is 310 g/mol. The van der Waals surface area contributed by atoms with Crippen LogP contribution in [0.4, 0.5) is 0 Å². The molecule has 6 heteroatoms. The van der Waals surface area contributed by atoms with Gasteiger partial charge in [0.05, 0.1) is 38.0 Å². The van der Waals surface area contributed by atoms with Crippen molar-refractivity contribution in [3.63, 3.8) is 0 Å². The molecule has 22 heavy (non-hydrogen) atoms. The number of guanidine groups is 1. The monoisotopic (exact) mass is 310 g/mol. The number of fused-ring (bicyclic) bond motifs is 2. The smallest absolute Gasteiger partial charge is 0.191 e. The van der Waals surface area contributed by atoms with E-state index in [9.17, 15) is 0 Å². The van der Waals surface area contributed by atoms with Crippen molar-refractivity contribution in [2.75, 3.05) is 39.4 Å². The Morgan fingerprint density at radius 1 is 1.32 bits per heavy atom. The third-order valence-corrected chi connectivity index (χ3v) is 4.95. The Hall–Kier alpha value is -0.850. The van der Waals surface area contributed by atoms with Crippen LogP contribution < -0.4 is 10.6 Å². The van der Waals surface area contributed by atoms with Crippen molar-refractivity contribution in [2.45, 2.75) is 57.4 Å². The zero-order valence-corrected chi connectivity index (χ0v) is 13.9. The van der Waals surface area contributed by atoms with Crippen LogP contribution in [0, 0.1) is 0 Å². The first-order valence-electron chi connectivity index (χ1n) is 8.78. The Balaban J connectivity index is 1.51. The summed E-state index contributed by atoms with van der Waals surface area (Å²) in [5.74, 6) is 0.934. The molecule has 0 aromatic rings. The molecule has 0 spiro atoms. The first-order valence-corrected chi connectivity index (χ1v) is 8.78. The van der Waals surface area contributed by atoms with Crippen molar-refractivity contribution >= 4 is 5.96 Å². The molecule has 0 amide bonds. The molecule has 3 saturated heterocycles. The Labute approximate surface area is 133 Å². The molecule has 0 radical (unpaired) electrons. The van der Waals surface area contributed by atoms with Gasteiger partial charge in [0.2, 0.25) is 0 Å². The standard InChI is InChI=1S/C16H30N4O2/c1-3-17-16(19-14-10-13-4-5-15(14)22-13)18-11-12(2)20-6-8-21-9-7-20/h12-15H,3-11H2,1-2H3,(H2,17,18,19). The Morgan fingerprint density at radius 2 is 2.14 bits per heavy atom. The highest BCUT2D eigenvalue weighted by Crippen LogP contribution is 2.34. The minimum absolute atomic E-state index is 0.380. The quantitative estimate of drug-likeness (QED) is 0.575. The first kappa shape index (κ1) is 16.0. The SMILES string of the molecule is CCNC(=NCC(C)N1CCOCC1)NC1CC2CCC1O2. The van der Waals surface area contributed by atoms with Gasteiger partial charge in [-0.1, -0.05) is 0 Å². The Kier molecular flexibility index (Phi) is 5.55. The Bertz CT molecular complexity index is 384. The topological polar surface area (TPSA) is 58.1 Å². The molecule has 0 saturated carbocycles. The molecule has 3 heterocycles. The number of aliphatic imine (C=N–C) groups is 1. The zero-order valence-electron chi connectivity index (χ0n) is 13.9. The molecule has 2 N–H and O–H groups in total. The van der Waals surface area contributed by atoms with Crippen LogP contribution in [0.3, 0.4) is 0 Å². The van der Waals surface area contributed by atoms with Gasteiger partial charge in [-0.2, -0.15) is 0 Å². The van der Waals surface area contributed by atoms with E-state index in [0.717, 1.165) is 51.8 Å². The Morgan fingerprint density at radius 3 is 2.77 bits per heavy atom. The van der Waals surface area contributed by atoms with Crippen LogP contribution in [0.5, 0.6) is 0 Å². The van der Waals surface area contributed by atoms with Crippen molar-refractivity contribution < 1.29 is 9.47 Å². The van der Waals surface area contributed by atoms with Gasteiger partial charge in [0.25, 0.3) is 0 Å². The maximum Gasteiger partial charge on any atom is 0.191 e. The van der Waals surface area contributed by atoms with E-state index in [1.54, 1.807) is 0 Å². The van der Waals surface area contributed by atoms with Crippen LogP contribution in [0.1, 0.15) is 33.1 Å². The molecule has 2 bridgehead atoms. The van der Waals surface area contributed by atoms with Gasteiger partial charge >= 0.3 is 0 Å². The minimum Gasteiger partial charge on any atom is -0.379 e. The van der Waals surface area contributed by atoms with Gasteiger partial charge in [-0.15, -0.1) is 0 Å². The summed E-state index contributed by atoms with van der Waals surface area (Å²) in [5, 5.41) is 6.94.